The van der Waals surface area contributed by atoms with Gasteiger partial charge in [-0.25, -0.2) is 4.57 Å². The van der Waals surface area contributed by atoms with Crippen LogP contribution in [-0.2, 0) is 7.05 Å². The third-order valence-electron chi connectivity index (χ3n) is 5.82. The van der Waals surface area contributed by atoms with Gasteiger partial charge < -0.3 is 0 Å². The van der Waals surface area contributed by atoms with E-state index in [1.807, 2.05) is 23.1 Å². The van der Waals surface area contributed by atoms with Gasteiger partial charge in [-0.3, -0.25) is 0 Å². The van der Waals surface area contributed by atoms with Gasteiger partial charge in [0.1, 0.15) is 7.05 Å². The molecule has 0 aliphatic rings. The van der Waals surface area contributed by atoms with Crippen molar-refractivity contribution >= 4 is 33.2 Å². The number of hydrogen-bond acceptors (Lipinski definition) is 2. The van der Waals surface area contributed by atoms with E-state index in [2.05, 4.69) is 43.1 Å². The molecule has 0 aromatic carbocycles. The Bertz CT molecular complexity index is 649. The predicted octanol–water partition coefficient (Wildman–Crippen LogP) is 9.08. The summed E-state index contributed by atoms with van der Waals surface area (Å²) < 4.78 is 5.03. The molecule has 164 valence electrons. The van der Waals surface area contributed by atoms with Gasteiger partial charge >= 0.3 is 0 Å². The Balaban J connectivity index is 1.33. The molecule has 0 unspecified atom stereocenters. The third kappa shape index (κ3) is 11.4. The zero-order valence-corrected chi connectivity index (χ0v) is 20.7. The van der Waals surface area contributed by atoms with Crippen LogP contribution < -0.4 is 4.57 Å². The fraction of sp³-hybridized carbons (Fsp3) is 0.731. The molecule has 0 aliphatic carbocycles. The van der Waals surface area contributed by atoms with Crippen molar-refractivity contribution in [2.24, 2.45) is 7.05 Å². The number of pyridine rings is 1. The maximum absolute atomic E-state index is 2.36. The first-order valence-corrected chi connectivity index (χ1v) is 14.1. The predicted molar refractivity (Wildman–Crippen MR) is 133 cm³/mol. The van der Waals surface area contributed by atoms with Gasteiger partial charge in [0.25, 0.3) is 0 Å². The molecule has 2 aromatic heterocycles. The van der Waals surface area contributed by atoms with Crippen LogP contribution in [0.25, 0.3) is 10.1 Å². The van der Waals surface area contributed by atoms with Crippen molar-refractivity contribution in [3.8, 4) is 0 Å². The number of hydrogen-bond donors (Lipinski definition) is 0. The molecule has 0 saturated heterocycles. The molecule has 0 saturated carbocycles. The maximum atomic E-state index is 2.36. The van der Waals surface area contributed by atoms with Crippen LogP contribution in [0.1, 0.15) is 110 Å². The molecule has 0 bridgehead atoms. The Kier molecular flexibility index (Phi) is 13.8. The van der Waals surface area contributed by atoms with E-state index < -0.39 is 0 Å². The van der Waals surface area contributed by atoms with Crippen LogP contribution in [0.4, 0.5) is 0 Å². The molecule has 0 radical (unpaired) electrons. The molecule has 0 spiro atoms. The standard InChI is InChI=1S/C26H44NS2/c1-3-4-5-6-7-8-9-10-11-12-13-14-15-16-17-18-21-28-26-22-24-19-20-27(2)23-25(24)29-26/h19-20,22-23H,3-18,21H2,1-2H3/q+1. The molecule has 0 atom stereocenters. The number of aromatic nitrogens is 1. The summed E-state index contributed by atoms with van der Waals surface area (Å²) in [5.74, 6) is 1.28. The molecular formula is C26H44NS2+. The zero-order chi connectivity index (χ0) is 20.6. The number of thioether (sulfide) groups is 1. The second-order valence-corrected chi connectivity index (χ2v) is 11.1. The van der Waals surface area contributed by atoms with E-state index in [1.54, 1.807) is 0 Å². The Morgan fingerprint density at radius 2 is 1.28 bits per heavy atom. The lowest BCUT2D eigenvalue weighted by Crippen LogP contribution is -2.25. The Hall–Kier alpha value is -0.540. The fourth-order valence-electron chi connectivity index (χ4n) is 3.95. The summed E-state index contributed by atoms with van der Waals surface area (Å²) in [5.41, 5.74) is 0. The van der Waals surface area contributed by atoms with E-state index in [4.69, 9.17) is 0 Å². The van der Waals surface area contributed by atoms with E-state index >= 15 is 0 Å². The average Bonchev–Trinajstić information content (AvgIpc) is 3.12. The molecule has 0 fully saturated rings. The SMILES string of the molecule is CCCCCCCCCCCCCCCCCCSc1cc2cc[n+](C)cc2s1. The molecule has 2 heterocycles. The molecule has 3 heteroatoms. The van der Waals surface area contributed by atoms with Gasteiger partial charge in [-0.1, -0.05) is 103 Å². The van der Waals surface area contributed by atoms with Crippen LogP contribution in [0, 0.1) is 0 Å². The number of nitrogens with zero attached hydrogens (tertiary/aromatic N) is 1. The Morgan fingerprint density at radius 3 is 1.83 bits per heavy atom. The monoisotopic (exact) mass is 434 g/mol. The summed E-state index contributed by atoms with van der Waals surface area (Å²) >= 11 is 3.99. The molecule has 0 aliphatic heterocycles. The van der Waals surface area contributed by atoms with Crippen molar-refractivity contribution in [3.05, 3.63) is 24.5 Å². The van der Waals surface area contributed by atoms with Crippen LogP contribution in [0.2, 0.25) is 0 Å². The smallest absolute Gasteiger partial charge is 0.186 e. The normalized spacial score (nSPS) is 11.5. The highest BCUT2D eigenvalue weighted by Gasteiger charge is 2.05. The molecule has 0 amide bonds. The Labute approximate surface area is 188 Å². The maximum Gasteiger partial charge on any atom is 0.186 e. The number of unbranched alkanes of at least 4 members (excludes halogenated alkanes) is 15. The quantitative estimate of drug-likeness (QED) is 0.128. The summed E-state index contributed by atoms with van der Waals surface area (Å²) in [6.45, 7) is 2.30. The molecule has 1 nitrogen and oxygen atoms in total. The number of fused-ring (bicyclic) bond motifs is 1. The number of rotatable bonds is 18. The van der Waals surface area contributed by atoms with Crippen molar-refractivity contribution in [3.63, 3.8) is 0 Å². The summed E-state index contributed by atoms with van der Waals surface area (Å²) in [7, 11) is 2.10. The minimum atomic E-state index is 1.28. The summed E-state index contributed by atoms with van der Waals surface area (Å²) in [4.78, 5) is 0. The highest BCUT2D eigenvalue weighted by atomic mass is 32.2. The first-order chi connectivity index (χ1) is 14.3. The molecular weight excluding hydrogens is 390 g/mol. The van der Waals surface area contributed by atoms with Crippen LogP contribution in [-0.4, -0.2) is 5.75 Å². The van der Waals surface area contributed by atoms with E-state index in [9.17, 15) is 0 Å². The first kappa shape index (κ1) is 24.7. The number of aryl methyl sites for hydroxylation is 1. The van der Waals surface area contributed by atoms with Crippen molar-refractivity contribution in [1.29, 1.82) is 0 Å². The first-order valence-electron chi connectivity index (χ1n) is 12.3. The van der Waals surface area contributed by atoms with Gasteiger partial charge in [0.15, 0.2) is 12.4 Å². The van der Waals surface area contributed by atoms with Gasteiger partial charge in [-0.05, 0) is 18.2 Å². The van der Waals surface area contributed by atoms with Gasteiger partial charge in [0.2, 0.25) is 0 Å². The van der Waals surface area contributed by atoms with Crippen molar-refractivity contribution in [2.45, 2.75) is 114 Å². The van der Waals surface area contributed by atoms with Crippen LogP contribution in [0.15, 0.2) is 28.7 Å². The van der Waals surface area contributed by atoms with E-state index in [1.165, 1.54) is 123 Å². The average molecular weight is 435 g/mol. The minimum absolute atomic E-state index is 1.28. The lowest BCUT2D eigenvalue weighted by Gasteiger charge is -2.03. The summed E-state index contributed by atoms with van der Waals surface area (Å²) in [6.07, 6.45) is 27.5. The zero-order valence-electron chi connectivity index (χ0n) is 19.1. The topological polar surface area (TPSA) is 3.88 Å². The van der Waals surface area contributed by atoms with Crippen molar-refractivity contribution < 1.29 is 4.57 Å². The summed E-state index contributed by atoms with van der Waals surface area (Å²) in [5, 5.41) is 1.39. The molecule has 2 rings (SSSR count). The second kappa shape index (κ2) is 16.2. The molecule has 2 aromatic rings. The highest BCUT2D eigenvalue weighted by molar-refractivity contribution is 8.01. The van der Waals surface area contributed by atoms with Gasteiger partial charge in [0.05, 0.1) is 8.91 Å². The second-order valence-electron chi connectivity index (χ2n) is 8.65. The Morgan fingerprint density at radius 1 is 0.759 bits per heavy atom. The van der Waals surface area contributed by atoms with E-state index in [0.717, 1.165) is 0 Å². The van der Waals surface area contributed by atoms with Gasteiger partial charge in [-0.15, -0.1) is 23.1 Å². The lowest BCUT2D eigenvalue weighted by atomic mass is 10.0. The van der Waals surface area contributed by atoms with Gasteiger partial charge in [-0.2, -0.15) is 0 Å². The van der Waals surface area contributed by atoms with E-state index in [-0.39, 0.29) is 0 Å². The molecule has 29 heavy (non-hydrogen) atoms. The minimum Gasteiger partial charge on any atom is -0.206 e. The lowest BCUT2D eigenvalue weighted by molar-refractivity contribution is -0.670. The van der Waals surface area contributed by atoms with E-state index in [0.29, 0.717) is 0 Å². The summed E-state index contributed by atoms with van der Waals surface area (Å²) in [6, 6.07) is 4.58. The largest absolute Gasteiger partial charge is 0.206 e. The van der Waals surface area contributed by atoms with Gasteiger partial charge in [0, 0.05) is 11.5 Å². The van der Waals surface area contributed by atoms with Crippen LogP contribution in [0.5, 0.6) is 0 Å². The van der Waals surface area contributed by atoms with Crippen molar-refractivity contribution in [1.82, 2.24) is 0 Å². The van der Waals surface area contributed by atoms with Crippen LogP contribution in [0.3, 0.4) is 0 Å². The van der Waals surface area contributed by atoms with Crippen LogP contribution >= 0.6 is 23.1 Å². The highest BCUT2D eigenvalue weighted by Crippen LogP contribution is 2.32. The third-order valence-corrected chi connectivity index (χ3v) is 8.20. The fourth-order valence-corrected chi connectivity index (χ4v) is 6.33. The molecule has 0 N–H and O–H groups in total. The number of thiophene rings is 1. The van der Waals surface area contributed by atoms with Crippen molar-refractivity contribution in [2.75, 3.05) is 5.75 Å².